The SMILES string of the molecule is CCNC(=NCC(C)C(=O)OC)NC1CCN(C(=O)C(C)C)C1. The molecule has 1 heterocycles. The monoisotopic (exact) mass is 326 g/mol. The maximum absolute atomic E-state index is 12.0. The predicted octanol–water partition coefficient (Wildman–Crippen LogP) is 0.608. The highest BCUT2D eigenvalue weighted by atomic mass is 16.5. The molecule has 0 radical (unpaired) electrons. The van der Waals surface area contributed by atoms with Crippen molar-refractivity contribution in [1.82, 2.24) is 15.5 Å². The molecule has 2 unspecified atom stereocenters. The van der Waals surface area contributed by atoms with Crippen molar-refractivity contribution in [2.75, 3.05) is 33.3 Å². The van der Waals surface area contributed by atoms with Crippen LogP contribution in [0.2, 0.25) is 0 Å². The zero-order chi connectivity index (χ0) is 17.4. The zero-order valence-electron chi connectivity index (χ0n) is 14.9. The highest BCUT2D eigenvalue weighted by molar-refractivity contribution is 5.81. The van der Waals surface area contributed by atoms with Crippen molar-refractivity contribution >= 4 is 17.8 Å². The molecule has 0 aromatic carbocycles. The molecule has 0 aromatic heterocycles. The summed E-state index contributed by atoms with van der Waals surface area (Å²) < 4.78 is 4.71. The van der Waals surface area contributed by atoms with Crippen molar-refractivity contribution in [2.24, 2.45) is 16.8 Å². The van der Waals surface area contributed by atoms with Crippen LogP contribution in [0.25, 0.3) is 0 Å². The summed E-state index contributed by atoms with van der Waals surface area (Å²) in [5.74, 6) is 0.344. The Hall–Kier alpha value is -1.79. The third kappa shape index (κ3) is 6.08. The van der Waals surface area contributed by atoms with Gasteiger partial charge in [-0.2, -0.15) is 0 Å². The summed E-state index contributed by atoms with van der Waals surface area (Å²) in [6.45, 7) is 10.2. The number of ether oxygens (including phenoxy) is 1. The number of amides is 1. The first kappa shape index (κ1) is 19.3. The van der Waals surface area contributed by atoms with E-state index in [4.69, 9.17) is 4.74 Å². The van der Waals surface area contributed by atoms with Crippen molar-refractivity contribution in [3.05, 3.63) is 0 Å². The molecule has 1 amide bonds. The molecule has 1 fully saturated rings. The van der Waals surface area contributed by atoms with Crippen LogP contribution in [0.4, 0.5) is 0 Å². The lowest BCUT2D eigenvalue weighted by Crippen LogP contribution is -2.45. The van der Waals surface area contributed by atoms with E-state index in [0.29, 0.717) is 19.0 Å². The van der Waals surface area contributed by atoms with Gasteiger partial charge in [-0.25, -0.2) is 0 Å². The van der Waals surface area contributed by atoms with Gasteiger partial charge in [-0.1, -0.05) is 20.8 Å². The fraction of sp³-hybridized carbons (Fsp3) is 0.812. The Kier molecular flexibility index (Phi) is 7.85. The van der Waals surface area contributed by atoms with E-state index in [9.17, 15) is 9.59 Å². The fourth-order valence-electron chi connectivity index (χ4n) is 2.46. The van der Waals surface area contributed by atoms with Crippen LogP contribution < -0.4 is 10.6 Å². The Morgan fingerprint density at radius 1 is 1.35 bits per heavy atom. The van der Waals surface area contributed by atoms with Gasteiger partial charge in [-0.15, -0.1) is 0 Å². The number of guanidine groups is 1. The van der Waals surface area contributed by atoms with E-state index in [1.54, 1.807) is 6.92 Å². The lowest BCUT2D eigenvalue weighted by atomic mass is 10.2. The maximum atomic E-state index is 12.0. The Bertz CT molecular complexity index is 437. The molecule has 7 heteroatoms. The molecule has 0 aromatic rings. The Balaban J connectivity index is 2.56. The Labute approximate surface area is 138 Å². The van der Waals surface area contributed by atoms with Crippen molar-refractivity contribution in [3.63, 3.8) is 0 Å². The van der Waals surface area contributed by atoms with Gasteiger partial charge in [0.05, 0.1) is 19.6 Å². The maximum Gasteiger partial charge on any atom is 0.310 e. The number of nitrogens with one attached hydrogen (secondary N) is 2. The predicted molar refractivity (Wildman–Crippen MR) is 90.1 cm³/mol. The molecule has 1 aliphatic heterocycles. The van der Waals surface area contributed by atoms with Gasteiger partial charge in [0, 0.05) is 31.6 Å². The minimum absolute atomic E-state index is 0.0246. The molecule has 2 atom stereocenters. The second-order valence-electron chi connectivity index (χ2n) is 6.21. The van der Waals surface area contributed by atoms with E-state index in [2.05, 4.69) is 15.6 Å². The van der Waals surface area contributed by atoms with Gasteiger partial charge in [0.15, 0.2) is 5.96 Å². The highest BCUT2D eigenvalue weighted by Crippen LogP contribution is 2.12. The van der Waals surface area contributed by atoms with Gasteiger partial charge in [0.2, 0.25) is 5.91 Å². The summed E-state index contributed by atoms with van der Waals surface area (Å²) in [5, 5.41) is 6.52. The van der Waals surface area contributed by atoms with Gasteiger partial charge in [-0.3, -0.25) is 14.6 Å². The van der Waals surface area contributed by atoms with Crippen LogP contribution in [0, 0.1) is 11.8 Å². The molecule has 2 N–H and O–H groups in total. The molecular weight excluding hydrogens is 296 g/mol. The second kappa shape index (κ2) is 9.37. The highest BCUT2D eigenvalue weighted by Gasteiger charge is 2.28. The number of methoxy groups -OCH3 is 1. The number of hydrogen-bond donors (Lipinski definition) is 2. The topological polar surface area (TPSA) is 83.0 Å². The Morgan fingerprint density at radius 2 is 2.04 bits per heavy atom. The summed E-state index contributed by atoms with van der Waals surface area (Å²) in [5.41, 5.74) is 0. The van der Waals surface area contributed by atoms with E-state index < -0.39 is 0 Å². The first-order valence-corrected chi connectivity index (χ1v) is 8.30. The summed E-state index contributed by atoms with van der Waals surface area (Å²) in [7, 11) is 1.38. The van der Waals surface area contributed by atoms with Crippen molar-refractivity contribution in [1.29, 1.82) is 0 Å². The lowest BCUT2D eigenvalue weighted by molar-refractivity contribution is -0.144. The van der Waals surface area contributed by atoms with E-state index in [1.165, 1.54) is 7.11 Å². The van der Waals surface area contributed by atoms with Crippen molar-refractivity contribution in [3.8, 4) is 0 Å². The summed E-state index contributed by atoms with van der Waals surface area (Å²) >= 11 is 0. The lowest BCUT2D eigenvalue weighted by Gasteiger charge is -2.20. The van der Waals surface area contributed by atoms with Crippen LogP contribution in [0.5, 0.6) is 0 Å². The third-order valence-corrected chi connectivity index (χ3v) is 3.81. The second-order valence-corrected chi connectivity index (χ2v) is 6.21. The molecule has 7 nitrogen and oxygen atoms in total. The first-order chi connectivity index (χ1) is 10.9. The average Bonchev–Trinajstić information content (AvgIpc) is 2.99. The smallest absolute Gasteiger partial charge is 0.310 e. The Morgan fingerprint density at radius 3 is 2.61 bits per heavy atom. The summed E-state index contributed by atoms with van der Waals surface area (Å²) in [4.78, 5) is 29.8. The number of likely N-dealkylation sites (tertiary alicyclic amines) is 1. The van der Waals surface area contributed by atoms with Gasteiger partial charge in [0.1, 0.15) is 0 Å². The number of carbonyl (C=O) groups excluding carboxylic acids is 2. The molecule has 0 aliphatic carbocycles. The van der Waals surface area contributed by atoms with Crippen LogP contribution in [0.1, 0.15) is 34.1 Å². The van der Waals surface area contributed by atoms with Gasteiger partial charge < -0.3 is 20.3 Å². The molecule has 132 valence electrons. The van der Waals surface area contributed by atoms with Gasteiger partial charge in [0.25, 0.3) is 0 Å². The number of aliphatic imine (C=N–C) groups is 1. The van der Waals surface area contributed by atoms with Crippen molar-refractivity contribution < 1.29 is 14.3 Å². The largest absolute Gasteiger partial charge is 0.469 e. The number of nitrogens with zero attached hydrogens (tertiary/aromatic N) is 2. The number of hydrogen-bond acceptors (Lipinski definition) is 4. The molecule has 0 saturated carbocycles. The van der Waals surface area contributed by atoms with E-state index in [-0.39, 0.29) is 29.8 Å². The van der Waals surface area contributed by atoms with Gasteiger partial charge >= 0.3 is 5.97 Å². The fourth-order valence-corrected chi connectivity index (χ4v) is 2.46. The number of rotatable bonds is 6. The number of esters is 1. The first-order valence-electron chi connectivity index (χ1n) is 8.30. The van der Waals surface area contributed by atoms with E-state index in [1.807, 2.05) is 25.7 Å². The molecule has 0 bridgehead atoms. The zero-order valence-corrected chi connectivity index (χ0v) is 14.9. The minimum atomic E-state index is -0.280. The third-order valence-electron chi connectivity index (χ3n) is 3.81. The normalized spacial score (nSPS) is 19.7. The van der Waals surface area contributed by atoms with Crippen LogP contribution in [-0.4, -0.2) is 62.1 Å². The minimum Gasteiger partial charge on any atom is -0.469 e. The average molecular weight is 326 g/mol. The molecular formula is C16H30N4O3. The molecule has 1 aliphatic rings. The summed E-state index contributed by atoms with van der Waals surface area (Å²) in [6.07, 6.45) is 0.898. The summed E-state index contributed by atoms with van der Waals surface area (Å²) in [6, 6.07) is 0.184. The van der Waals surface area contributed by atoms with Gasteiger partial charge in [-0.05, 0) is 13.3 Å². The quantitative estimate of drug-likeness (QED) is 0.424. The van der Waals surface area contributed by atoms with E-state index >= 15 is 0 Å². The molecule has 0 spiro atoms. The molecule has 1 saturated heterocycles. The van der Waals surface area contributed by atoms with Crippen LogP contribution in [0.15, 0.2) is 4.99 Å². The standard InChI is InChI=1S/C16H30N4O3/c1-6-17-16(18-9-12(4)15(22)23-5)19-13-7-8-20(10-13)14(21)11(2)3/h11-13H,6-10H2,1-5H3,(H2,17,18,19). The molecule has 1 rings (SSSR count). The number of carbonyl (C=O) groups is 2. The molecule has 23 heavy (non-hydrogen) atoms. The van der Waals surface area contributed by atoms with Crippen LogP contribution in [-0.2, 0) is 14.3 Å². The van der Waals surface area contributed by atoms with Crippen molar-refractivity contribution in [2.45, 2.75) is 40.2 Å². The van der Waals surface area contributed by atoms with Crippen LogP contribution >= 0.6 is 0 Å². The van der Waals surface area contributed by atoms with Crippen LogP contribution in [0.3, 0.4) is 0 Å². The van der Waals surface area contributed by atoms with E-state index in [0.717, 1.165) is 19.5 Å².